The molecule has 2 amide bonds. The molecule has 0 saturated carbocycles. The van der Waals surface area contributed by atoms with Crippen LogP contribution >= 0.6 is 0 Å². The molecule has 0 aliphatic carbocycles. The van der Waals surface area contributed by atoms with Crippen LogP contribution < -0.4 is 21.1 Å². The first kappa shape index (κ1) is 31.4. The molecule has 1 saturated heterocycles. The predicted molar refractivity (Wildman–Crippen MR) is 160 cm³/mol. The van der Waals surface area contributed by atoms with E-state index in [0.717, 1.165) is 0 Å². The van der Waals surface area contributed by atoms with Crippen LogP contribution in [0.1, 0.15) is 64.3 Å². The second kappa shape index (κ2) is 13.3. The van der Waals surface area contributed by atoms with Crippen LogP contribution in [0.3, 0.4) is 0 Å². The summed E-state index contributed by atoms with van der Waals surface area (Å²) in [5.74, 6) is -2.88. The summed E-state index contributed by atoms with van der Waals surface area (Å²) >= 11 is 0. The highest BCUT2D eigenvalue weighted by Crippen LogP contribution is 2.35. The molecule has 2 aliphatic rings. The Labute approximate surface area is 258 Å². The number of benzene rings is 3. The lowest BCUT2D eigenvalue weighted by molar-refractivity contribution is -0.137. The Kier molecular flexibility index (Phi) is 9.29. The molecule has 2 heterocycles. The van der Waals surface area contributed by atoms with Crippen molar-refractivity contribution in [1.82, 2.24) is 4.90 Å². The standard InChI is InChI=1S/C33H33F2N5O5/c34-25-15-21(31(37)20-10-12-39(13-11-20)27-7-4-19(16-36)14-26(27)35)5-6-22(25)18-45-29-3-1-2-23-24(29)17-40(33(23)44)28(32(38)43)8-9-30(41)42/h1-7,14-15,20,28,31H,8-13,17-18,37H2,(H2,38,43)(H,41,42)/t28-,31-/m0/s1. The highest BCUT2D eigenvalue weighted by molar-refractivity contribution is 6.01. The number of halogens is 2. The van der Waals surface area contributed by atoms with Crippen molar-refractivity contribution in [3.8, 4) is 11.8 Å². The summed E-state index contributed by atoms with van der Waals surface area (Å²) in [6, 6.07) is 14.5. The van der Waals surface area contributed by atoms with E-state index in [1.54, 1.807) is 42.5 Å². The third-order valence-electron chi connectivity index (χ3n) is 8.60. The number of carbonyl (C=O) groups is 3. The zero-order valence-corrected chi connectivity index (χ0v) is 24.4. The number of nitriles is 1. The molecule has 12 heteroatoms. The molecule has 0 radical (unpaired) electrons. The molecule has 0 aromatic heterocycles. The first-order valence-corrected chi connectivity index (χ1v) is 14.6. The van der Waals surface area contributed by atoms with Crippen molar-refractivity contribution < 1.29 is 33.0 Å². The van der Waals surface area contributed by atoms with Crippen LogP contribution in [0, 0.1) is 28.9 Å². The van der Waals surface area contributed by atoms with E-state index in [4.69, 9.17) is 26.6 Å². The number of carboxylic acid groups (broad SMARTS) is 1. The lowest BCUT2D eigenvalue weighted by atomic mass is 9.85. The van der Waals surface area contributed by atoms with Crippen molar-refractivity contribution in [2.24, 2.45) is 17.4 Å². The first-order chi connectivity index (χ1) is 21.6. The molecule has 0 bridgehead atoms. The highest BCUT2D eigenvalue weighted by Gasteiger charge is 2.37. The van der Waals surface area contributed by atoms with Crippen LogP contribution in [0.4, 0.5) is 14.5 Å². The van der Waals surface area contributed by atoms with Gasteiger partial charge in [0.2, 0.25) is 5.91 Å². The topological polar surface area (TPSA) is 163 Å². The van der Waals surface area contributed by atoms with Gasteiger partial charge in [0.1, 0.15) is 30.0 Å². The van der Waals surface area contributed by atoms with Crippen LogP contribution in [0.5, 0.6) is 5.75 Å². The molecular formula is C33H33F2N5O5. The van der Waals surface area contributed by atoms with Gasteiger partial charge in [0.15, 0.2) is 0 Å². The summed E-state index contributed by atoms with van der Waals surface area (Å²) in [6.45, 7) is 1.04. The fourth-order valence-electron chi connectivity index (χ4n) is 6.07. The van der Waals surface area contributed by atoms with E-state index < -0.39 is 41.5 Å². The van der Waals surface area contributed by atoms with E-state index in [9.17, 15) is 18.8 Å². The minimum Gasteiger partial charge on any atom is -0.488 e. The summed E-state index contributed by atoms with van der Waals surface area (Å²) in [7, 11) is 0. The number of amides is 2. The molecule has 0 unspecified atom stereocenters. The third kappa shape index (κ3) is 6.73. The van der Waals surface area contributed by atoms with Crippen LogP contribution in [-0.4, -0.2) is 46.9 Å². The Morgan fingerprint density at radius 1 is 1.09 bits per heavy atom. The van der Waals surface area contributed by atoms with Gasteiger partial charge in [0, 0.05) is 42.2 Å². The van der Waals surface area contributed by atoms with Crippen LogP contribution in [0.15, 0.2) is 54.6 Å². The SMILES string of the molecule is N#Cc1ccc(N2CCC([C@H](N)c3ccc(COc4cccc5c4CN([C@@H](CCC(=O)O)C(N)=O)C5=O)c(F)c3)CC2)c(F)c1. The lowest BCUT2D eigenvalue weighted by Crippen LogP contribution is -2.45. The maximum atomic E-state index is 15.2. The van der Waals surface area contributed by atoms with Crippen LogP contribution in [0.25, 0.3) is 0 Å². The van der Waals surface area contributed by atoms with Crippen molar-refractivity contribution in [1.29, 1.82) is 5.26 Å². The second-order valence-electron chi connectivity index (χ2n) is 11.3. The van der Waals surface area contributed by atoms with Crippen molar-refractivity contribution in [2.45, 2.75) is 50.9 Å². The lowest BCUT2D eigenvalue weighted by Gasteiger charge is -2.36. The third-order valence-corrected chi connectivity index (χ3v) is 8.60. The van der Waals surface area contributed by atoms with E-state index in [1.165, 1.54) is 17.0 Å². The van der Waals surface area contributed by atoms with Gasteiger partial charge in [-0.1, -0.05) is 18.2 Å². The molecule has 45 heavy (non-hydrogen) atoms. The number of anilines is 1. The zero-order valence-electron chi connectivity index (χ0n) is 24.4. The van der Waals surface area contributed by atoms with Gasteiger partial charge >= 0.3 is 5.97 Å². The number of nitrogens with zero attached hydrogens (tertiary/aromatic N) is 3. The molecule has 5 rings (SSSR count). The largest absolute Gasteiger partial charge is 0.488 e. The number of fused-ring (bicyclic) bond motifs is 1. The van der Waals surface area contributed by atoms with E-state index in [-0.39, 0.29) is 43.0 Å². The zero-order chi connectivity index (χ0) is 32.2. The highest BCUT2D eigenvalue weighted by atomic mass is 19.1. The van der Waals surface area contributed by atoms with Crippen molar-refractivity contribution in [3.63, 3.8) is 0 Å². The van der Waals surface area contributed by atoms with Crippen LogP contribution in [-0.2, 0) is 22.7 Å². The van der Waals surface area contributed by atoms with E-state index in [2.05, 4.69) is 0 Å². The van der Waals surface area contributed by atoms with Crippen molar-refractivity contribution in [2.75, 3.05) is 18.0 Å². The Morgan fingerprint density at radius 3 is 2.49 bits per heavy atom. The number of rotatable bonds is 11. The predicted octanol–water partition coefficient (Wildman–Crippen LogP) is 4.01. The number of aliphatic carboxylic acids is 1. The molecule has 5 N–H and O–H groups in total. The molecule has 3 aromatic rings. The molecule has 0 spiro atoms. The van der Waals surface area contributed by atoms with Gasteiger partial charge in [-0.25, -0.2) is 8.78 Å². The molecule has 1 fully saturated rings. The fraction of sp³-hybridized carbons (Fsp3) is 0.333. The number of primary amides is 1. The fourth-order valence-corrected chi connectivity index (χ4v) is 6.07. The number of nitrogens with two attached hydrogens (primary N) is 2. The van der Waals surface area contributed by atoms with Crippen LogP contribution in [0.2, 0.25) is 0 Å². The van der Waals surface area contributed by atoms with Crippen molar-refractivity contribution in [3.05, 3.63) is 94.0 Å². The van der Waals surface area contributed by atoms with Gasteiger partial charge in [0.25, 0.3) is 5.91 Å². The normalized spacial score (nSPS) is 16.2. The average Bonchev–Trinajstić information content (AvgIpc) is 3.36. The van der Waals surface area contributed by atoms with Crippen molar-refractivity contribution >= 4 is 23.5 Å². The van der Waals surface area contributed by atoms with Gasteiger partial charge in [-0.05, 0) is 67.1 Å². The molecule has 2 atom stereocenters. The van der Waals surface area contributed by atoms with Gasteiger partial charge in [0.05, 0.1) is 23.9 Å². The molecule has 10 nitrogen and oxygen atoms in total. The quantitative estimate of drug-likeness (QED) is 0.291. The number of ether oxygens (including phenoxy) is 1. The monoisotopic (exact) mass is 617 g/mol. The summed E-state index contributed by atoms with van der Waals surface area (Å²) in [6.07, 6.45) is 0.937. The number of hydrogen-bond acceptors (Lipinski definition) is 7. The van der Waals surface area contributed by atoms with Gasteiger partial charge < -0.3 is 31.1 Å². The number of piperidine rings is 1. The summed E-state index contributed by atoms with van der Waals surface area (Å²) in [5.41, 5.74) is 14.5. The molecule has 3 aromatic carbocycles. The second-order valence-corrected chi connectivity index (χ2v) is 11.3. The minimum atomic E-state index is -1.11. The smallest absolute Gasteiger partial charge is 0.303 e. The average molecular weight is 618 g/mol. The maximum Gasteiger partial charge on any atom is 0.303 e. The number of carbonyl (C=O) groups excluding carboxylic acids is 2. The Hall–Kier alpha value is -5.02. The molecule has 234 valence electrons. The number of hydrogen-bond donors (Lipinski definition) is 3. The van der Waals surface area contributed by atoms with Gasteiger partial charge in [-0.3, -0.25) is 14.4 Å². The van der Waals surface area contributed by atoms with E-state index >= 15 is 4.39 Å². The minimum absolute atomic E-state index is 0.00444. The number of carboxylic acids is 1. The molecular weight excluding hydrogens is 584 g/mol. The Morgan fingerprint density at radius 2 is 1.84 bits per heavy atom. The van der Waals surface area contributed by atoms with E-state index in [1.807, 2.05) is 11.0 Å². The molecule has 2 aliphatic heterocycles. The maximum absolute atomic E-state index is 15.2. The Bertz CT molecular complexity index is 1670. The van der Waals surface area contributed by atoms with Gasteiger partial charge in [-0.2, -0.15) is 5.26 Å². The summed E-state index contributed by atoms with van der Waals surface area (Å²) < 4.78 is 35.7. The summed E-state index contributed by atoms with van der Waals surface area (Å²) in [5, 5.41) is 18.0. The van der Waals surface area contributed by atoms with E-state index in [0.29, 0.717) is 54.1 Å². The summed E-state index contributed by atoms with van der Waals surface area (Å²) in [4.78, 5) is 39.3. The van der Waals surface area contributed by atoms with Gasteiger partial charge in [-0.15, -0.1) is 0 Å². The first-order valence-electron chi connectivity index (χ1n) is 14.6. The Balaban J connectivity index is 1.21.